The molecule has 0 unspecified atom stereocenters. The van der Waals surface area contributed by atoms with Crippen LogP contribution in [0.5, 0.6) is 0 Å². The van der Waals surface area contributed by atoms with Gasteiger partial charge in [0, 0.05) is 31.4 Å². The molecule has 0 aliphatic rings. The molecule has 0 bridgehead atoms. The van der Waals surface area contributed by atoms with E-state index < -0.39 is 0 Å². The number of hydrogen-bond donors (Lipinski definition) is 1. The Morgan fingerprint density at radius 3 is 2.54 bits per heavy atom. The summed E-state index contributed by atoms with van der Waals surface area (Å²) >= 11 is 0. The fourth-order valence-corrected chi connectivity index (χ4v) is 3.22. The number of anilines is 1. The second-order valence-electron chi connectivity index (χ2n) is 7.36. The number of para-hydroxylation sites is 1. The van der Waals surface area contributed by atoms with Crippen LogP contribution in [0.3, 0.4) is 0 Å². The van der Waals surface area contributed by atoms with Crippen molar-refractivity contribution in [3.8, 4) is 5.69 Å². The Labute approximate surface area is 166 Å². The lowest BCUT2D eigenvalue weighted by Gasteiger charge is -2.25. The number of carbonyl (C=O) groups excluding carboxylic acids is 1. The number of benzene rings is 1. The van der Waals surface area contributed by atoms with Crippen LogP contribution in [-0.4, -0.2) is 43.0 Å². The van der Waals surface area contributed by atoms with Gasteiger partial charge in [-0.25, -0.2) is 4.68 Å². The number of rotatable bonds is 7. The predicted molar refractivity (Wildman–Crippen MR) is 110 cm³/mol. The van der Waals surface area contributed by atoms with Crippen LogP contribution in [0.2, 0.25) is 0 Å². The number of amides is 1. The van der Waals surface area contributed by atoms with Crippen molar-refractivity contribution < 1.29 is 4.79 Å². The first-order valence-corrected chi connectivity index (χ1v) is 9.48. The molecule has 7 heteroatoms. The maximum absolute atomic E-state index is 12.8. The standard InChI is InChI=1S/C21H28N6O/c1-15(2)26(13-18-11-22-25(5)12-18)14-20(28)23-21-16(3)24-27(17(21)4)19-9-7-6-8-10-19/h6-12,15H,13-14H2,1-5H3,(H,23,28). The third-order valence-corrected chi connectivity index (χ3v) is 4.78. The van der Waals surface area contributed by atoms with Crippen molar-refractivity contribution in [2.24, 2.45) is 7.05 Å². The number of aryl methyl sites for hydroxylation is 2. The zero-order chi connectivity index (χ0) is 20.3. The van der Waals surface area contributed by atoms with E-state index in [4.69, 9.17) is 0 Å². The molecule has 1 amide bonds. The van der Waals surface area contributed by atoms with Crippen molar-refractivity contribution in [2.45, 2.75) is 40.3 Å². The molecule has 0 fully saturated rings. The zero-order valence-electron chi connectivity index (χ0n) is 17.2. The van der Waals surface area contributed by atoms with Crippen LogP contribution in [0.4, 0.5) is 5.69 Å². The summed E-state index contributed by atoms with van der Waals surface area (Å²) in [7, 11) is 1.89. The van der Waals surface area contributed by atoms with E-state index in [1.54, 1.807) is 4.68 Å². The number of nitrogens with one attached hydrogen (secondary N) is 1. The van der Waals surface area contributed by atoms with Gasteiger partial charge in [0.15, 0.2) is 0 Å². The highest BCUT2D eigenvalue weighted by molar-refractivity contribution is 5.93. The SMILES string of the molecule is Cc1nn(-c2ccccc2)c(C)c1NC(=O)CN(Cc1cnn(C)c1)C(C)C. The first kappa shape index (κ1) is 19.8. The van der Waals surface area contributed by atoms with Crippen molar-refractivity contribution >= 4 is 11.6 Å². The quantitative estimate of drug-likeness (QED) is 0.684. The Morgan fingerprint density at radius 2 is 1.93 bits per heavy atom. The summed E-state index contributed by atoms with van der Waals surface area (Å²) in [6.07, 6.45) is 3.82. The fraction of sp³-hybridized carbons (Fsp3) is 0.381. The Bertz CT molecular complexity index is 941. The minimum absolute atomic E-state index is 0.0450. The van der Waals surface area contributed by atoms with Crippen molar-refractivity contribution in [3.05, 3.63) is 59.7 Å². The van der Waals surface area contributed by atoms with Gasteiger partial charge in [-0.1, -0.05) is 18.2 Å². The lowest BCUT2D eigenvalue weighted by molar-refractivity contribution is -0.117. The average Bonchev–Trinajstić information content (AvgIpc) is 3.19. The number of hydrogen-bond acceptors (Lipinski definition) is 4. The Hall–Kier alpha value is -2.93. The molecule has 0 saturated carbocycles. The van der Waals surface area contributed by atoms with Crippen molar-refractivity contribution in [2.75, 3.05) is 11.9 Å². The van der Waals surface area contributed by atoms with Crippen LogP contribution < -0.4 is 5.32 Å². The molecule has 2 aromatic heterocycles. The Kier molecular flexibility index (Phi) is 5.94. The van der Waals surface area contributed by atoms with Crippen LogP contribution in [-0.2, 0) is 18.4 Å². The van der Waals surface area contributed by atoms with Crippen LogP contribution >= 0.6 is 0 Å². The lowest BCUT2D eigenvalue weighted by atomic mass is 10.2. The summed E-state index contributed by atoms with van der Waals surface area (Å²) in [5, 5.41) is 11.9. The van der Waals surface area contributed by atoms with Crippen molar-refractivity contribution in [1.82, 2.24) is 24.5 Å². The van der Waals surface area contributed by atoms with E-state index >= 15 is 0 Å². The molecule has 0 saturated heterocycles. The van der Waals surface area contributed by atoms with E-state index in [0.717, 1.165) is 28.3 Å². The third-order valence-electron chi connectivity index (χ3n) is 4.78. The molecule has 0 spiro atoms. The summed E-state index contributed by atoms with van der Waals surface area (Å²) in [4.78, 5) is 14.9. The fourth-order valence-electron chi connectivity index (χ4n) is 3.22. The largest absolute Gasteiger partial charge is 0.322 e. The minimum Gasteiger partial charge on any atom is -0.322 e. The monoisotopic (exact) mass is 380 g/mol. The Morgan fingerprint density at radius 1 is 1.21 bits per heavy atom. The molecule has 0 radical (unpaired) electrons. The van der Waals surface area contributed by atoms with Gasteiger partial charge in [0.25, 0.3) is 0 Å². The third kappa shape index (κ3) is 4.48. The summed E-state index contributed by atoms with van der Waals surface area (Å²) in [6, 6.07) is 10.2. The van der Waals surface area contributed by atoms with Crippen LogP contribution in [0, 0.1) is 13.8 Å². The molecule has 0 atom stereocenters. The summed E-state index contributed by atoms with van der Waals surface area (Å²) in [5.74, 6) is -0.0450. The van der Waals surface area contributed by atoms with Crippen LogP contribution in [0.25, 0.3) is 5.69 Å². The van der Waals surface area contributed by atoms with E-state index in [2.05, 4.69) is 34.3 Å². The average molecular weight is 380 g/mol. The van der Waals surface area contributed by atoms with Crippen molar-refractivity contribution in [1.29, 1.82) is 0 Å². The topological polar surface area (TPSA) is 68.0 Å². The molecule has 28 heavy (non-hydrogen) atoms. The smallest absolute Gasteiger partial charge is 0.238 e. The molecule has 7 nitrogen and oxygen atoms in total. The van der Waals surface area contributed by atoms with Crippen LogP contribution in [0.1, 0.15) is 30.8 Å². The first-order valence-electron chi connectivity index (χ1n) is 9.48. The van der Waals surface area contributed by atoms with Gasteiger partial charge in [0.1, 0.15) is 0 Å². The molecule has 0 aliphatic carbocycles. The van der Waals surface area contributed by atoms with Gasteiger partial charge >= 0.3 is 0 Å². The van der Waals surface area contributed by atoms with Crippen LogP contribution in [0.15, 0.2) is 42.7 Å². The lowest BCUT2D eigenvalue weighted by Crippen LogP contribution is -2.37. The van der Waals surface area contributed by atoms with E-state index in [0.29, 0.717) is 13.1 Å². The molecule has 0 aliphatic heterocycles. The van der Waals surface area contributed by atoms with E-state index in [9.17, 15) is 4.79 Å². The minimum atomic E-state index is -0.0450. The highest BCUT2D eigenvalue weighted by Crippen LogP contribution is 2.22. The van der Waals surface area contributed by atoms with Gasteiger partial charge in [-0.15, -0.1) is 0 Å². The number of nitrogens with zero attached hydrogens (tertiary/aromatic N) is 5. The molecule has 3 aromatic rings. The summed E-state index contributed by atoms with van der Waals surface area (Å²) in [5.41, 5.74) is 4.56. The first-order chi connectivity index (χ1) is 13.3. The van der Waals surface area contributed by atoms with Gasteiger partial charge in [-0.2, -0.15) is 10.2 Å². The molecule has 148 valence electrons. The normalized spacial score (nSPS) is 11.4. The molecular weight excluding hydrogens is 352 g/mol. The van der Waals surface area contributed by atoms with Gasteiger partial charge in [0.05, 0.1) is 35.5 Å². The second kappa shape index (κ2) is 8.39. The Balaban J connectivity index is 1.72. The molecule has 2 heterocycles. The summed E-state index contributed by atoms with van der Waals surface area (Å²) in [6.45, 7) is 9.06. The van der Waals surface area contributed by atoms with E-state index in [1.165, 1.54) is 0 Å². The predicted octanol–water partition coefficient (Wildman–Crippen LogP) is 3.07. The van der Waals surface area contributed by atoms with Crippen molar-refractivity contribution in [3.63, 3.8) is 0 Å². The van der Waals surface area contributed by atoms with Gasteiger partial charge in [0.2, 0.25) is 5.91 Å². The molecule has 3 rings (SSSR count). The van der Waals surface area contributed by atoms with E-state index in [1.807, 2.05) is 68.3 Å². The van der Waals surface area contributed by atoms with Gasteiger partial charge in [-0.3, -0.25) is 14.4 Å². The molecular formula is C21H28N6O. The van der Waals surface area contributed by atoms with Gasteiger partial charge in [-0.05, 0) is 39.8 Å². The van der Waals surface area contributed by atoms with E-state index in [-0.39, 0.29) is 11.9 Å². The van der Waals surface area contributed by atoms with Gasteiger partial charge < -0.3 is 5.32 Å². The number of carbonyl (C=O) groups is 1. The maximum Gasteiger partial charge on any atom is 0.238 e. The molecule has 1 aromatic carbocycles. The summed E-state index contributed by atoms with van der Waals surface area (Å²) < 4.78 is 3.64. The molecule has 1 N–H and O–H groups in total. The maximum atomic E-state index is 12.8. The second-order valence-corrected chi connectivity index (χ2v) is 7.36. The highest BCUT2D eigenvalue weighted by Gasteiger charge is 2.19. The zero-order valence-corrected chi connectivity index (χ0v) is 17.2. The highest BCUT2D eigenvalue weighted by atomic mass is 16.2. The number of aromatic nitrogens is 4.